The second kappa shape index (κ2) is 5.72. The molecule has 0 spiro atoms. The predicted molar refractivity (Wildman–Crippen MR) is 78.3 cm³/mol. The molecule has 0 unspecified atom stereocenters. The standard InChI is InChI=1S/C13H16N4O2S/c18-11(19)1-3-16-4-6-17(7-5-16)12-10-2-8-20-13(10)15-9-14-12/h2,8-9H,1,3-7H2,(H,18,19). The first-order valence-electron chi connectivity index (χ1n) is 6.61. The molecule has 1 saturated heterocycles. The number of carbonyl (C=O) groups is 1. The number of hydrogen-bond acceptors (Lipinski definition) is 6. The molecule has 0 atom stereocenters. The van der Waals surface area contributed by atoms with E-state index in [1.807, 2.05) is 5.38 Å². The van der Waals surface area contributed by atoms with Gasteiger partial charge in [-0.25, -0.2) is 9.97 Å². The van der Waals surface area contributed by atoms with Gasteiger partial charge in [0.15, 0.2) is 0 Å². The Hall–Kier alpha value is -1.73. The van der Waals surface area contributed by atoms with Gasteiger partial charge in [-0.2, -0.15) is 0 Å². The lowest BCUT2D eigenvalue weighted by atomic mass is 10.2. The Morgan fingerprint density at radius 2 is 2.10 bits per heavy atom. The van der Waals surface area contributed by atoms with E-state index in [1.54, 1.807) is 17.7 Å². The first-order valence-corrected chi connectivity index (χ1v) is 7.49. The summed E-state index contributed by atoms with van der Waals surface area (Å²) >= 11 is 1.62. The number of aromatic nitrogens is 2. The van der Waals surface area contributed by atoms with Crippen LogP contribution in [0.3, 0.4) is 0 Å². The Labute approximate surface area is 120 Å². The zero-order valence-electron chi connectivity index (χ0n) is 11.0. The average molecular weight is 292 g/mol. The summed E-state index contributed by atoms with van der Waals surface area (Å²) in [7, 11) is 0. The zero-order valence-corrected chi connectivity index (χ0v) is 11.8. The Bertz CT molecular complexity index is 607. The molecular formula is C13H16N4O2S. The smallest absolute Gasteiger partial charge is 0.304 e. The lowest BCUT2D eigenvalue weighted by molar-refractivity contribution is -0.137. The molecule has 1 aliphatic rings. The molecule has 20 heavy (non-hydrogen) atoms. The van der Waals surface area contributed by atoms with Crippen LogP contribution < -0.4 is 4.90 Å². The van der Waals surface area contributed by atoms with Crippen LogP contribution in [0.2, 0.25) is 0 Å². The highest BCUT2D eigenvalue weighted by Gasteiger charge is 2.20. The monoisotopic (exact) mass is 292 g/mol. The third kappa shape index (κ3) is 2.73. The van der Waals surface area contributed by atoms with E-state index in [-0.39, 0.29) is 6.42 Å². The predicted octanol–water partition coefficient (Wildman–Crippen LogP) is 1.29. The van der Waals surface area contributed by atoms with Crippen molar-refractivity contribution in [3.8, 4) is 0 Å². The Balaban J connectivity index is 1.66. The van der Waals surface area contributed by atoms with Crippen molar-refractivity contribution in [3.63, 3.8) is 0 Å². The van der Waals surface area contributed by atoms with E-state index >= 15 is 0 Å². The molecule has 106 valence electrons. The van der Waals surface area contributed by atoms with Gasteiger partial charge in [0.2, 0.25) is 0 Å². The highest BCUT2D eigenvalue weighted by atomic mass is 32.1. The van der Waals surface area contributed by atoms with Crippen molar-refractivity contribution in [2.24, 2.45) is 0 Å². The highest BCUT2D eigenvalue weighted by Crippen LogP contribution is 2.27. The molecule has 2 aromatic rings. The second-order valence-corrected chi connectivity index (χ2v) is 5.70. The topological polar surface area (TPSA) is 69.6 Å². The molecule has 1 fully saturated rings. The van der Waals surface area contributed by atoms with Gasteiger partial charge < -0.3 is 10.0 Å². The van der Waals surface area contributed by atoms with E-state index in [4.69, 9.17) is 5.11 Å². The summed E-state index contributed by atoms with van der Waals surface area (Å²) in [6.45, 7) is 4.13. The lowest BCUT2D eigenvalue weighted by Crippen LogP contribution is -2.47. The minimum Gasteiger partial charge on any atom is -0.481 e. The molecular weight excluding hydrogens is 276 g/mol. The molecule has 0 amide bonds. The first kappa shape index (κ1) is 13.3. The largest absolute Gasteiger partial charge is 0.481 e. The molecule has 0 saturated carbocycles. The number of aliphatic carboxylic acids is 1. The summed E-state index contributed by atoms with van der Waals surface area (Å²) in [5.41, 5.74) is 0. The fraction of sp³-hybridized carbons (Fsp3) is 0.462. The molecule has 1 N–H and O–H groups in total. The molecule has 1 aliphatic heterocycles. The summed E-state index contributed by atoms with van der Waals surface area (Å²) in [4.78, 5) is 24.7. The molecule has 0 aromatic carbocycles. The van der Waals surface area contributed by atoms with Gasteiger partial charge in [-0.05, 0) is 11.4 Å². The first-order chi connectivity index (χ1) is 9.74. The van der Waals surface area contributed by atoms with Crippen LogP contribution in [0.5, 0.6) is 0 Å². The maximum Gasteiger partial charge on any atom is 0.304 e. The average Bonchev–Trinajstić information content (AvgIpc) is 2.94. The van der Waals surface area contributed by atoms with Gasteiger partial charge in [-0.15, -0.1) is 11.3 Å². The molecule has 0 radical (unpaired) electrons. The van der Waals surface area contributed by atoms with E-state index < -0.39 is 5.97 Å². The van der Waals surface area contributed by atoms with Crippen molar-refractivity contribution in [2.45, 2.75) is 6.42 Å². The summed E-state index contributed by atoms with van der Waals surface area (Å²) in [5, 5.41) is 11.9. The van der Waals surface area contributed by atoms with Crippen molar-refractivity contribution in [1.82, 2.24) is 14.9 Å². The highest BCUT2D eigenvalue weighted by molar-refractivity contribution is 7.16. The van der Waals surface area contributed by atoms with Crippen LogP contribution in [0.1, 0.15) is 6.42 Å². The maximum absolute atomic E-state index is 10.6. The van der Waals surface area contributed by atoms with Crippen molar-refractivity contribution in [1.29, 1.82) is 0 Å². The molecule has 7 heteroatoms. The third-order valence-corrected chi connectivity index (χ3v) is 4.38. The summed E-state index contributed by atoms with van der Waals surface area (Å²) in [6.07, 6.45) is 1.83. The number of carboxylic acid groups (broad SMARTS) is 1. The Morgan fingerprint density at radius 1 is 1.30 bits per heavy atom. The number of hydrogen-bond donors (Lipinski definition) is 1. The molecule has 2 aromatic heterocycles. The van der Waals surface area contributed by atoms with E-state index in [0.29, 0.717) is 6.54 Å². The van der Waals surface area contributed by atoms with Gasteiger partial charge in [-0.3, -0.25) is 9.69 Å². The molecule has 3 rings (SSSR count). The van der Waals surface area contributed by atoms with Gasteiger partial charge in [0.25, 0.3) is 0 Å². The molecule has 0 bridgehead atoms. The van der Waals surface area contributed by atoms with E-state index in [9.17, 15) is 4.79 Å². The van der Waals surface area contributed by atoms with Crippen LogP contribution in [0.4, 0.5) is 5.82 Å². The van der Waals surface area contributed by atoms with E-state index in [2.05, 4.69) is 25.8 Å². The van der Waals surface area contributed by atoms with Crippen molar-refractivity contribution >= 4 is 33.3 Å². The van der Waals surface area contributed by atoms with E-state index in [1.165, 1.54) is 0 Å². The van der Waals surface area contributed by atoms with Crippen molar-refractivity contribution < 1.29 is 9.90 Å². The zero-order chi connectivity index (χ0) is 13.9. The van der Waals surface area contributed by atoms with Crippen molar-refractivity contribution in [2.75, 3.05) is 37.6 Å². The minimum atomic E-state index is -0.733. The van der Waals surface area contributed by atoms with E-state index in [0.717, 1.165) is 42.2 Å². The summed E-state index contributed by atoms with van der Waals surface area (Å²) < 4.78 is 0. The second-order valence-electron chi connectivity index (χ2n) is 4.81. The van der Waals surface area contributed by atoms with Crippen LogP contribution >= 0.6 is 11.3 Å². The number of fused-ring (bicyclic) bond motifs is 1. The lowest BCUT2D eigenvalue weighted by Gasteiger charge is -2.35. The number of rotatable bonds is 4. The fourth-order valence-electron chi connectivity index (χ4n) is 2.47. The molecule has 6 nitrogen and oxygen atoms in total. The van der Waals surface area contributed by atoms with Gasteiger partial charge in [-0.1, -0.05) is 0 Å². The summed E-state index contributed by atoms with van der Waals surface area (Å²) in [6, 6.07) is 2.06. The maximum atomic E-state index is 10.6. The normalized spacial score (nSPS) is 16.7. The van der Waals surface area contributed by atoms with Crippen LogP contribution in [0.25, 0.3) is 10.2 Å². The van der Waals surface area contributed by atoms with Crippen LogP contribution in [-0.4, -0.2) is 58.7 Å². The number of anilines is 1. The molecule has 3 heterocycles. The van der Waals surface area contributed by atoms with Crippen LogP contribution in [0.15, 0.2) is 17.8 Å². The Morgan fingerprint density at radius 3 is 2.85 bits per heavy atom. The Kier molecular flexibility index (Phi) is 3.79. The summed E-state index contributed by atoms with van der Waals surface area (Å²) in [5.74, 6) is 0.261. The molecule has 0 aliphatic carbocycles. The third-order valence-electron chi connectivity index (χ3n) is 3.55. The number of nitrogens with zero attached hydrogens (tertiary/aromatic N) is 4. The number of piperazine rings is 1. The SMILES string of the molecule is O=C(O)CCN1CCN(c2ncnc3sccc23)CC1. The van der Waals surface area contributed by atoms with Gasteiger partial charge in [0.1, 0.15) is 17.0 Å². The van der Waals surface area contributed by atoms with Gasteiger partial charge in [0, 0.05) is 32.7 Å². The van der Waals surface area contributed by atoms with Gasteiger partial charge >= 0.3 is 5.97 Å². The van der Waals surface area contributed by atoms with Gasteiger partial charge in [0.05, 0.1) is 11.8 Å². The van der Waals surface area contributed by atoms with Crippen LogP contribution in [0, 0.1) is 0 Å². The number of thiophene rings is 1. The number of carboxylic acids is 1. The van der Waals surface area contributed by atoms with Crippen LogP contribution in [-0.2, 0) is 4.79 Å². The van der Waals surface area contributed by atoms with Crippen molar-refractivity contribution in [3.05, 3.63) is 17.8 Å². The quantitative estimate of drug-likeness (QED) is 0.915. The fourth-order valence-corrected chi connectivity index (χ4v) is 3.19. The minimum absolute atomic E-state index is 0.211.